The number of para-hydroxylation sites is 1. The Morgan fingerprint density at radius 1 is 1.11 bits per heavy atom. The molecule has 1 aliphatic heterocycles. The van der Waals surface area contributed by atoms with E-state index < -0.39 is 0 Å². The number of anilines is 1. The summed E-state index contributed by atoms with van der Waals surface area (Å²) < 4.78 is 2.53. The molecule has 2 aromatic heterocycles. The predicted molar refractivity (Wildman–Crippen MR) is 143 cm³/mol. The zero-order chi connectivity index (χ0) is 24.4. The van der Waals surface area contributed by atoms with Gasteiger partial charge in [-0.3, -0.25) is 9.78 Å². The standard InChI is InChI=1S/C28H33N5OS/c1-19-18-23(20(2)33(19)22-12-6-7-13-22)27-26(24-14-8-9-16-29-24)31-28(35)32(27)17-15-25(34)30-21-10-4-3-5-11-21/h3-5,8-11,14,16,18,22,26-27H,6-7,12-13,15,17H2,1-2H3,(H,30,34)(H,31,35)/t26-,27-/m1/s1. The molecule has 2 N–H and O–H groups in total. The lowest BCUT2D eigenvalue weighted by atomic mass is 9.96. The maximum Gasteiger partial charge on any atom is 0.226 e. The normalized spacial score (nSPS) is 20.3. The highest BCUT2D eigenvalue weighted by Crippen LogP contribution is 2.43. The Hall–Kier alpha value is -3.19. The number of thiocarbonyl (C=S) groups is 1. The minimum atomic E-state index is -0.0709. The second kappa shape index (κ2) is 10.2. The molecule has 2 fully saturated rings. The monoisotopic (exact) mass is 487 g/mol. The fraction of sp³-hybridized carbons (Fsp3) is 0.393. The average Bonchev–Trinajstić information content (AvgIpc) is 3.57. The Morgan fingerprint density at radius 3 is 2.57 bits per heavy atom. The highest BCUT2D eigenvalue weighted by Gasteiger charge is 2.41. The number of nitrogens with one attached hydrogen (secondary N) is 2. The zero-order valence-electron chi connectivity index (χ0n) is 20.4. The van der Waals surface area contributed by atoms with Crippen LogP contribution in [0, 0.1) is 13.8 Å². The summed E-state index contributed by atoms with van der Waals surface area (Å²) in [6, 6.07) is 18.4. The number of hydrogen-bond donors (Lipinski definition) is 2. The van der Waals surface area contributed by atoms with Gasteiger partial charge in [0.05, 0.1) is 17.8 Å². The molecule has 5 rings (SSSR count). The van der Waals surface area contributed by atoms with E-state index >= 15 is 0 Å². The van der Waals surface area contributed by atoms with Gasteiger partial charge in [0.2, 0.25) is 5.91 Å². The van der Waals surface area contributed by atoms with Crippen LogP contribution in [-0.2, 0) is 4.79 Å². The van der Waals surface area contributed by atoms with Crippen LogP contribution in [-0.4, -0.2) is 32.0 Å². The summed E-state index contributed by atoms with van der Waals surface area (Å²) in [6.45, 7) is 4.98. The molecule has 1 aliphatic carbocycles. The van der Waals surface area contributed by atoms with E-state index in [-0.39, 0.29) is 18.0 Å². The second-order valence-electron chi connectivity index (χ2n) is 9.62. The molecule has 1 saturated carbocycles. The van der Waals surface area contributed by atoms with Crippen molar-refractivity contribution in [1.29, 1.82) is 0 Å². The van der Waals surface area contributed by atoms with Crippen molar-refractivity contribution in [3.63, 3.8) is 0 Å². The molecule has 2 aliphatic rings. The largest absolute Gasteiger partial charge is 0.352 e. The van der Waals surface area contributed by atoms with Crippen molar-refractivity contribution in [2.24, 2.45) is 0 Å². The van der Waals surface area contributed by atoms with E-state index in [4.69, 9.17) is 12.2 Å². The molecule has 1 saturated heterocycles. The average molecular weight is 488 g/mol. The summed E-state index contributed by atoms with van der Waals surface area (Å²) in [5, 5.41) is 7.19. The summed E-state index contributed by atoms with van der Waals surface area (Å²) in [7, 11) is 0. The minimum Gasteiger partial charge on any atom is -0.352 e. The molecule has 0 unspecified atom stereocenters. The molecule has 0 bridgehead atoms. The van der Waals surface area contributed by atoms with Crippen molar-refractivity contribution < 1.29 is 4.79 Å². The molecule has 1 amide bonds. The first-order chi connectivity index (χ1) is 17.0. The Bertz CT molecular complexity index is 1190. The van der Waals surface area contributed by atoms with Crippen molar-refractivity contribution in [3.05, 3.63) is 83.4 Å². The fourth-order valence-electron chi connectivity index (χ4n) is 5.78. The molecule has 35 heavy (non-hydrogen) atoms. The molecular weight excluding hydrogens is 454 g/mol. The van der Waals surface area contributed by atoms with Gasteiger partial charge in [-0.15, -0.1) is 0 Å². The van der Waals surface area contributed by atoms with Crippen LogP contribution in [0.3, 0.4) is 0 Å². The van der Waals surface area contributed by atoms with Crippen LogP contribution in [0.1, 0.15) is 72.9 Å². The van der Waals surface area contributed by atoms with E-state index in [0.717, 1.165) is 11.4 Å². The molecule has 2 atom stereocenters. The fourth-order valence-corrected chi connectivity index (χ4v) is 6.11. The van der Waals surface area contributed by atoms with Gasteiger partial charge in [0.15, 0.2) is 5.11 Å². The van der Waals surface area contributed by atoms with E-state index in [1.807, 2.05) is 48.7 Å². The minimum absolute atomic E-state index is 0.0181. The molecular formula is C28H33N5OS. The Morgan fingerprint density at radius 2 is 1.86 bits per heavy atom. The molecule has 1 aromatic carbocycles. The first-order valence-electron chi connectivity index (χ1n) is 12.5. The summed E-state index contributed by atoms with van der Waals surface area (Å²) >= 11 is 5.81. The number of benzene rings is 1. The van der Waals surface area contributed by atoms with Crippen molar-refractivity contribution in [2.45, 2.75) is 64.1 Å². The summed E-state index contributed by atoms with van der Waals surface area (Å²) in [6.07, 6.45) is 7.25. The van der Waals surface area contributed by atoms with Gasteiger partial charge in [-0.25, -0.2) is 0 Å². The lowest BCUT2D eigenvalue weighted by Crippen LogP contribution is -2.33. The summed E-state index contributed by atoms with van der Waals surface area (Å²) in [4.78, 5) is 19.6. The van der Waals surface area contributed by atoms with Crippen LogP contribution in [0.2, 0.25) is 0 Å². The number of carbonyl (C=O) groups is 1. The van der Waals surface area contributed by atoms with Gasteiger partial charge in [-0.2, -0.15) is 0 Å². The Labute approximate surface area is 212 Å². The van der Waals surface area contributed by atoms with E-state index in [0.29, 0.717) is 24.1 Å². The van der Waals surface area contributed by atoms with Crippen molar-refractivity contribution >= 4 is 28.9 Å². The molecule has 6 nitrogen and oxygen atoms in total. The molecule has 3 aromatic rings. The summed E-state index contributed by atoms with van der Waals surface area (Å²) in [5.41, 5.74) is 5.62. The van der Waals surface area contributed by atoms with Crippen LogP contribution >= 0.6 is 12.2 Å². The molecule has 0 spiro atoms. The topological polar surface area (TPSA) is 62.2 Å². The Balaban J connectivity index is 1.44. The number of nitrogens with zero attached hydrogens (tertiary/aromatic N) is 3. The predicted octanol–water partition coefficient (Wildman–Crippen LogP) is 5.62. The first-order valence-corrected chi connectivity index (χ1v) is 12.9. The van der Waals surface area contributed by atoms with E-state index in [1.165, 1.54) is 42.6 Å². The quantitative estimate of drug-likeness (QED) is 0.424. The third kappa shape index (κ3) is 4.82. The van der Waals surface area contributed by atoms with Gasteiger partial charge < -0.3 is 20.1 Å². The van der Waals surface area contributed by atoms with Crippen LogP contribution in [0.5, 0.6) is 0 Å². The van der Waals surface area contributed by atoms with Gasteiger partial charge in [-0.1, -0.05) is 37.1 Å². The maximum atomic E-state index is 12.8. The van der Waals surface area contributed by atoms with Crippen LogP contribution < -0.4 is 10.6 Å². The van der Waals surface area contributed by atoms with Crippen molar-refractivity contribution in [1.82, 2.24) is 19.8 Å². The number of rotatable bonds is 7. The molecule has 0 radical (unpaired) electrons. The number of amides is 1. The summed E-state index contributed by atoms with van der Waals surface area (Å²) in [5.74, 6) is -0.0181. The third-order valence-electron chi connectivity index (χ3n) is 7.37. The smallest absolute Gasteiger partial charge is 0.226 e. The highest BCUT2D eigenvalue weighted by atomic mass is 32.1. The Kier molecular flexibility index (Phi) is 6.86. The first kappa shape index (κ1) is 23.5. The number of aryl methyl sites for hydroxylation is 1. The molecule has 7 heteroatoms. The number of carbonyl (C=O) groups excluding carboxylic acids is 1. The molecule has 3 heterocycles. The van der Waals surface area contributed by atoms with Crippen molar-refractivity contribution in [3.8, 4) is 0 Å². The third-order valence-corrected chi connectivity index (χ3v) is 7.72. The van der Waals surface area contributed by atoms with E-state index in [9.17, 15) is 4.79 Å². The van der Waals surface area contributed by atoms with Gasteiger partial charge in [0.25, 0.3) is 0 Å². The van der Waals surface area contributed by atoms with Crippen molar-refractivity contribution in [2.75, 3.05) is 11.9 Å². The van der Waals surface area contributed by atoms with Crippen LogP contribution in [0.25, 0.3) is 0 Å². The SMILES string of the molecule is Cc1cc([C@@H]2[C@@H](c3ccccn3)NC(=S)N2CCC(=O)Nc2ccccc2)c(C)n1C1CCCC1. The number of hydrogen-bond acceptors (Lipinski definition) is 3. The van der Waals surface area contributed by atoms with E-state index in [1.54, 1.807) is 0 Å². The zero-order valence-corrected chi connectivity index (χ0v) is 21.2. The lowest BCUT2D eigenvalue weighted by molar-refractivity contribution is -0.116. The lowest BCUT2D eigenvalue weighted by Gasteiger charge is -2.28. The molecule has 182 valence electrons. The van der Waals surface area contributed by atoms with Gasteiger partial charge in [0.1, 0.15) is 0 Å². The number of aromatic nitrogens is 2. The second-order valence-corrected chi connectivity index (χ2v) is 10.0. The van der Waals surface area contributed by atoms with Crippen LogP contribution in [0.4, 0.5) is 5.69 Å². The van der Waals surface area contributed by atoms with Gasteiger partial charge in [-0.05, 0) is 74.8 Å². The highest BCUT2D eigenvalue weighted by molar-refractivity contribution is 7.80. The number of pyridine rings is 1. The van der Waals surface area contributed by atoms with E-state index in [2.05, 4.69) is 51.1 Å². The van der Waals surface area contributed by atoms with Gasteiger partial charge >= 0.3 is 0 Å². The van der Waals surface area contributed by atoms with Gasteiger partial charge in [0, 0.05) is 42.3 Å². The maximum absolute atomic E-state index is 12.8. The van der Waals surface area contributed by atoms with Crippen LogP contribution in [0.15, 0.2) is 60.8 Å².